The van der Waals surface area contributed by atoms with E-state index in [1.165, 1.54) is 19.3 Å². The average Bonchev–Trinajstić information content (AvgIpc) is 3.22. The molecule has 2 aromatic heterocycles. The van der Waals surface area contributed by atoms with Gasteiger partial charge >= 0.3 is 0 Å². The third kappa shape index (κ3) is 5.23. The predicted octanol–water partition coefficient (Wildman–Crippen LogP) is 5.80. The number of rotatable bonds is 9. The van der Waals surface area contributed by atoms with E-state index in [0.29, 0.717) is 51.8 Å². The first kappa shape index (κ1) is 25.6. The van der Waals surface area contributed by atoms with Crippen LogP contribution in [-0.2, 0) is 4.79 Å². The molecule has 9 nitrogen and oxygen atoms in total. The maximum absolute atomic E-state index is 15.0. The van der Waals surface area contributed by atoms with Crippen molar-refractivity contribution in [1.82, 2.24) is 19.5 Å². The predicted molar refractivity (Wildman–Crippen MR) is 142 cm³/mol. The topological polar surface area (TPSA) is 103 Å². The first-order chi connectivity index (χ1) is 17.7. The highest BCUT2D eigenvalue weighted by Gasteiger charge is 2.18. The number of aryl methyl sites for hydroxylation is 1. The van der Waals surface area contributed by atoms with Crippen LogP contribution in [0.15, 0.2) is 49.2 Å². The van der Waals surface area contributed by atoms with Gasteiger partial charge in [0.05, 0.1) is 36.3 Å². The van der Waals surface area contributed by atoms with Crippen LogP contribution in [0, 0.1) is 12.7 Å². The lowest BCUT2D eigenvalue weighted by atomic mass is 10.1. The SMILES string of the molecule is C=CC(=O)Nc1cc(Nc2nccc(-c3cc(F)c4nc(C)n(C(C)C)c4c3)n2)c(OC)cc1OCC. The number of methoxy groups -OCH3 is 1. The number of hydrogen-bond acceptors (Lipinski definition) is 7. The van der Waals surface area contributed by atoms with Crippen LogP contribution in [0.3, 0.4) is 0 Å². The number of ether oxygens (including phenoxy) is 2. The van der Waals surface area contributed by atoms with Gasteiger partial charge in [-0.2, -0.15) is 0 Å². The van der Waals surface area contributed by atoms with Gasteiger partial charge in [0, 0.05) is 23.9 Å². The second-order valence-electron chi connectivity index (χ2n) is 8.51. The molecule has 0 aliphatic carbocycles. The van der Waals surface area contributed by atoms with E-state index in [-0.39, 0.29) is 17.9 Å². The van der Waals surface area contributed by atoms with Crippen molar-refractivity contribution in [2.75, 3.05) is 24.4 Å². The van der Waals surface area contributed by atoms with Gasteiger partial charge in [-0.3, -0.25) is 4.79 Å². The van der Waals surface area contributed by atoms with Gasteiger partial charge in [0.15, 0.2) is 5.82 Å². The first-order valence-corrected chi connectivity index (χ1v) is 11.8. The quantitative estimate of drug-likeness (QED) is 0.278. The number of halogens is 1. The summed E-state index contributed by atoms with van der Waals surface area (Å²) in [6.07, 6.45) is 2.75. The van der Waals surface area contributed by atoms with E-state index < -0.39 is 5.82 Å². The summed E-state index contributed by atoms with van der Waals surface area (Å²) in [4.78, 5) is 25.3. The molecule has 2 heterocycles. The number of hydrogen-bond donors (Lipinski definition) is 2. The standard InChI is InChI=1S/C27H29FN6O3/c1-7-25(35)31-21-13-20(23(36-6)14-24(21)37-8-2)33-27-29-10-9-19(32-27)17-11-18(28)26-22(12-17)34(15(3)4)16(5)30-26/h7,9-15H,1,8H2,2-6H3,(H,31,35)(H,29,32,33). The van der Waals surface area contributed by atoms with Crippen LogP contribution in [0.25, 0.3) is 22.3 Å². The van der Waals surface area contributed by atoms with Gasteiger partial charge in [-0.25, -0.2) is 19.3 Å². The number of imidazole rings is 1. The zero-order valence-electron chi connectivity index (χ0n) is 21.4. The molecule has 0 bridgehead atoms. The molecule has 0 aliphatic rings. The Labute approximate surface area is 214 Å². The van der Waals surface area contributed by atoms with Gasteiger partial charge < -0.3 is 24.7 Å². The van der Waals surface area contributed by atoms with Gasteiger partial charge in [-0.15, -0.1) is 0 Å². The highest BCUT2D eigenvalue weighted by Crippen LogP contribution is 2.38. The summed E-state index contributed by atoms with van der Waals surface area (Å²) in [5, 5.41) is 5.86. The number of carbonyl (C=O) groups excluding carboxylic acids is 1. The molecule has 37 heavy (non-hydrogen) atoms. The summed E-state index contributed by atoms with van der Waals surface area (Å²) < 4.78 is 28.2. The first-order valence-electron chi connectivity index (χ1n) is 11.8. The Bertz CT molecular complexity index is 1480. The Kier molecular flexibility index (Phi) is 7.37. The molecule has 10 heteroatoms. The number of anilines is 3. The van der Waals surface area contributed by atoms with Crippen molar-refractivity contribution in [3.63, 3.8) is 0 Å². The number of fused-ring (bicyclic) bond motifs is 1. The minimum atomic E-state index is -0.418. The minimum absolute atomic E-state index is 0.116. The monoisotopic (exact) mass is 504 g/mol. The lowest BCUT2D eigenvalue weighted by Crippen LogP contribution is -2.10. The van der Waals surface area contributed by atoms with E-state index in [4.69, 9.17) is 9.47 Å². The number of carbonyl (C=O) groups is 1. The lowest BCUT2D eigenvalue weighted by molar-refractivity contribution is -0.111. The highest BCUT2D eigenvalue weighted by atomic mass is 19.1. The van der Waals surface area contributed by atoms with Gasteiger partial charge in [0.1, 0.15) is 22.8 Å². The molecular formula is C27H29FN6O3. The lowest BCUT2D eigenvalue weighted by Gasteiger charge is -2.17. The average molecular weight is 505 g/mol. The van der Waals surface area contributed by atoms with Crippen LogP contribution in [-0.4, -0.2) is 39.1 Å². The molecule has 0 atom stereocenters. The van der Waals surface area contributed by atoms with Crippen molar-refractivity contribution in [3.05, 3.63) is 60.8 Å². The maximum Gasteiger partial charge on any atom is 0.247 e. The maximum atomic E-state index is 15.0. The summed E-state index contributed by atoms with van der Waals surface area (Å²) >= 11 is 0. The minimum Gasteiger partial charge on any atom is -0.494 e. The third-order valence-corrected chi connectivity index (χ3v) is 5.68. The summed E-state index contributed by atoms with van der Waals surface area (Å²) in [7, 11) is 1.52. The molecule has 2 aromatic carbocycles. The van der Waals surface area contributed by atoms with Crippen molar-refractivity contribution >= 4 is 34.3 Å². The fourth-order valence-corrected chi connectivity index (χ4v) is 4.15. The highest BCUT2D eigenvalue weighted by molar-refractivity contribution is 6.00. The summed E-state index contributed by atoms with van der Waals surface area (Å²) in [6.45, 7) is 11.6. The smallest absolute Gasteiger partial charge is 0.247 e. The molecule has 192 valence electrons. The summed E-state index contributed by atoms with van der Waals surface area (Å²) in [5.41, 5.74) is 3.07. The van der Waals surface area contributed by atoms with Crippen LogP contribution < -0.4 is 20.1 Å². The van der Waals surface area contributed by atoms with Crippen LogP contribution in [0.5, 0.6) is 11.5 Å². The molecule has 0 unspecified atom stereocenters. The molecule has 1 amide bonds. The normalized spacial score (nSPS) is 11.0. The van der Waals surface area contributed by atoms with Crippen molar-refractivity contribution in [2.24, 2.45) is 0 Å². The van der Waals surface area contributed by atoms with Crippen molar-refractivity contribution in [2.45, 2.75) is 33.7 Å². The molecule has 0 fully saturated rings. The fraction of sp³-hybridized carbons (Fsp3) is 0.259. The largest absolute Gasteiger partial charge is 0.494 e. The van der Waals surface area contributed by atoms with E-state index in [1.807, 2.05) is 38.3 Å². The Hall–Kier alpha value is -4.47. The Balaban J connectivity index is 1.74. The third-order valence-electron chi connectivity index (χ3n) is 5.68. The molecule has 4 aromatic rings. The number of benzene rings is 2. The Morgan fingerprint density at radius 1 is 1.19 bits per heavy atom. The fourth-order valence-electron chi connectivity index (χ4n) is 4.15. The van der Waals surface area contributed by atoms with E-state index in [9.17, 15) is 4.79 Å². The van der Waals surface area contributed by atoms with Crippen molar-refractivity contribution < 1.29 is 18.7 Å². The van der Waals surface area contributed by atoms with Crippen LogP contribution in [0.4, 0.5) is 21.7 Å². The van der Waals surface area contributed by atoms with Crippen molar-refractivity contribution in [1.29, 1.82) is 0 Å². The summed E-state index contributed by atoms with van der Waals surface area (Å²) in [5.74, 6) is 1.10. The number of amides is 1. The molecule has 0 saturated heterocycles. The molecule has 0 saturated carbocycles. The zero-order valence-corrected chi connectivity index (χ0v) is 21.4. The van der Waals surface area contributed by atoms with Gasteiger partial charge in [0.2, 0.25) is 11.9 Å². The summed E-state index contributed by atoms with van der Waals surface area (Å²) in [6, 6.07) is 8.45. The molecule has 0 spiro atoms. The Morgan fingerprint density at radius 2 is 1.97 bits per heavy atom. The molecule has 0 radical (unpaired) electrons. The van der Waals surface area contributed by atoms with Crippen molar-refractivity contribution in [3.8, 4) is 22.8 Å². The zero-order chi connectivity index (χ0) is 26.7. The van der Waals surface area contributed by atoms with Crippen LogP contribution >= 0.6 is 0 Å². The van der Waals surface area contributed by atoms with Crippen LogP contribution in [0.2, 0.25) is 0 Å². The van der Waals surface area contributed by atoms with Gasteiger partial charge in [0.25, 0.3) is 0 Å². The number of nitrogens with zero attached hydrogens (tertiary/aromatic N) is 4. The molecular weight excluding hydrogens is 475 g/mol. The molecule has 4 rings (SSSR count). The van der Waals surface area contributed by atoms with E-state index in [0.717, 1.165) is 5.82 Å². The number of aromatic nitrogens is 4. The molecule has 0 aliphatic heterocycles. The van der Waals surface area contributed by atoms with Crippen LogP contribution in [0.1, 0.15) is 32.6 Å². The van der Waals surface area contributed by atoms with E-state index in [1.54, 1.807) is 24.4 Å². The van der Waals surface area contributed by atoms with Gasteiger partial charge in [-0.05, 0) is 58.0 Å². The second-order valence-corrected chi connectivity index (χ2v) is 8.51. The van der Waals surface area contributed by atoms with Gasteiger partial charge in [-0.1, -0.05) is 6.58 Å². The second kappa shape index (κ2) is 10.7. The van der Waals surface area contributed by atoms with E-state index in [2.05, 4.69) is 32.2 Å². The molecule has 2 N–H and O–H groups in total. The Morgan fingerprint density at radius 3 is 2.65 bits per heavy atom. The van der Waals surface area contributed by atoms with E-state index >= 15 is 4.39 Å². The number of nitrogens with one attached hydrogen (secondary N) is 2.